The third kappa shape index (κ3) is 3.91. The van der Waals surface area contributed by atoms with Crippen LogP contribution in [0.3, 0.4) is 0 Å². The number of carbonyl (C=O) groups excluding carboxylic acids is 1. The normalized spacial score (nSPS) is 17.8. The molecular weight excluding hydrogens is 300 g/mol. The maximum atomic E-state index is 12.6. The van der Waals surface area contributed by atoms with Gasteiger partial charge in [-0.15, -0.1) is 0 Å². The second kappa shape index (κ2) is 7.43. The summed E-state index contributed by atoms with van der Waals surface area (Å²) in [6.45, 7) is 5.89. The molecule has 1 atom stereocenters. The predicted octanol–water partition coefficient (Wildman–Crippen LogP) is 3.46. The fraction of sp³-hybridized carbons (Fsp3) is 0.421. The Bertz CT molecular complexity index is 670. The summed E-state index contributed by atoms with van der Waals surface area (Å²) in [5.41, 5.74) is 2.13. The quantitative estimate of drug-likeness (QED) is 0.936. The number of piperidine rings is 1. The van der Waals surface area contributed by atoms with Crippen molar-refractivity contribution in [1.82, 2.24) is 9.97 Å². The second-order valence-electron chi connectivity index (χ2n) is 6.60. The first-order valence-corrected chi connectivity index (χ1v) is 8.56. The molecule has 2 aromatic rings. The minimum Gasteiger partial charge on any atom is -0.340 e. The molecule has 0 radical (unpaired) electrons. The summed E-state index contributed by atoms with van der Waals surface area (Å²) < 4.78 is 0. The zero-order valence-electron chi connectivity index (χ0n) is 14.3. The molecule has 0 bridgehead atoms. The van der Waals surface area contributed by atoms with Gasteiger partial charge in [-0.2, -0.15) is 0 Å². The van der Waals surface area contributed by atoms with E-state index in [1.165, 1.54) is 5.56 Å². The monoisotopic (exact) mass is 324 g/mol. The van der Waals surface area contributed by atoms with E-state index in [1.807, 2.05) is 12.1 Å². The third-order valence-electron chi connectivity index (χ3n) is 4.47. The number of nitrogens with zero attached hydrogens (tertiary/aromatic N) is 3. The molecular formula is C19H24N4O. The molecule has 1 amide bonds. The molecule has 126 valence electrons. The topological polar surface area (TPSA) is 58.1 Å². The number of aromatic nitrogens is 2. The molecule has 1 aromatic carbocycles. The molecule has 5 nitrogen and oxygen atoms in total. The Morgan fingerprint density at radius 1 is 1.21 bits per heavy atom. The van der Waals surface area contributed by atoms with Crippen LogP contribution in [0, 0.1) is 5.92 Å². The average molecular weight is 324 g/mol. The van der Waals surface area contributed by atoms with Crippen LogP contribution >= 0.6 is 0 Å². The molecule has 1 N–H and O–H groups in total. The second-order valence-corrected chi connectivity index (χ2v) is 6.60. The van der Waals surface area contributed by atoms with Gasteiger partial charge in [-0.1, -0.05) is 26.0 Å². The highest BCUT2D eigenvalue weighted by atomic mass is 16.1. The van der Waals surface area contributed by atoms with Crippen LogP contribution in [-0.4, -0.2) is 29.0 Å². The Balaban J connectivity index is 1.62. The first-order chi connectivity index (χ1) is 11.6. The zero-order valence-corrected chi connectivity index (χ0v) is 14.3. The Kier molecular flexibility index (Phi) is 5.08. The van der Waals surface area contributed by atoms with Crippen molar-refractivity contribution in [2.75, 3.05) is 23.3 Å². The van der Waals surface area contributed by atoms with Gasteiger partial charge in [0.2, 0.25) is 11.9 Å². The summed E-state index contributed by atoms with van der Waals surface area (Å²) in [5.74, 6) is 1.24. The van der Waals surface area contributed by atoms with Crippen LogP contribution in [0.25, 0.3) is 0 Å². The average Bonchev–Trinajstić information content (AvgIpc) is 2.63. The third-order valence-corrected chi connectivity index (χ3v) is 4.47. The van der Waals surface area contributed by atoms with E-state index in [1.54, 1.807) is 18.5 Å². The maximum Gasteiger partial charge on any atom is 0.229 e. The summed E-state index contributed by atoms with van der Waals surface area (Å²) in [6.07, 6.45) is 5.35. The number of nitrogens with one attached hydrogen (secondary N) is 1. The molecule has 24 heavy (non-hydrogen) atoms. The lowest BCUT2D eigenvalue weighted by Gasteiger charge is -2.31. The van der Waals surface area contributed by atoms with Crippen LogP contribution in [0.2, 0.25) is 0 Å². The van der Waals surface area contributed by atoms with Crippen molar-refractivity contribution in [2.45, 2.75) is 32.6 Å². The first-order valence-electron chi connectivity index (χ1n) is 8.56. The number of benzene rings is 1. The smallest absolute Gasteiger partial charge is 0.229 e. The van der Waals surface area contributed by atoms with E-state index in [0.29, 0.717) is 18.4 Å². The standard InChI is InChI=1S/C19H24N4O/c1-14(2)15-6-8-17(9-7-15)22-18(24)16-5-3-12-23(13-16)19-20-10-4-11-21-19/h4,6-11,14,16H,3,5,12-13H2,1-2H3,(H,22,24)/t16-/m0/s1. The van der Waals surface area contributed by atoms with Crippen molar-refractivity contribution >= 4 is 17.5 Å². The highest BCUT2D eigenvalue weighted by Crippen LogP contribution is 2.22. The van der Waals surface area contributed by atoms with Gasteiger partial charge in [0.15, 0.2) is 0 Å². The predicted molar refractivity (Wildman–Crippen MR) is 96.1 cm³/mol. The van der Waals surface area contributed by atoms with Crippen LogP contribution in [0.4, 0.5) is 11.6 Å². The van der Waals surface area contributed by atoms with Gasteiger partial charge in [-0.3, -0.25) is 4.79 Å². The van der Waals surface area contributed by atoms with Gasteiger partial charge in [0, 0.05) is 31.2 Å². The van der Waals surface area contributed by atoms with Crippen molar-refractivity contribution < 1.29 is 4.79 Å². The molecule has 1 aliphatic rings. The van der Waals surface area contributed by atoms with Gasteiger partial charge in [0.1, 0.15) is 0 Å². The van der Waals surface area contributed by atoms with Crippen molar-refractivity contribution in [3.05, 3.63) is 48.3 Å². The van der Waals surface area contributed by atoms with Gasteiger partial charge >= 0.3 is 0 Å². The van der Waals surface area contributed by atoms with E-state index in [9.17, 15) is 4.79 Å². The maximum absolute atomic E-state index is 12.6. The van der Waals surface area contributed by atoms with E-state index < -0.39 is 0 Å². The van der Waals surface area contributed by atoms with Gasteiger partial charge in [-0.25, -0.2) is 9.97 Å². The molecule has 2 heterocycles. The Morgan fingerprint density at radius 2 is 1.92 bits per heavy atom. The number of rotatable bonds is 4. The lowest BCUT2D eigenvalue weighted by atomic mass is 9.97. The molecule has 1 aliphatic heterocycles. The molecule has 0 spiro atoms. The highest BCUT2D eigenvalue weighted by Gasteiger charge is 2.27. The number of hydrogen-bond donors (Lipinski definition) is 1. The number of hydrogen-bond acceptors (Lipinski definition) is 4. The summed E-state index contributed by atoms with van der Waals surface area (Å²) in [4.78, 5) is 23.3. The van der Waals surface area contributed by atoms with Crippen LogP contribution in [-0.2, 0) is 4.79 Å². The molecule has 3 rings (SSSR count). The van der Waals surface area contributed by atoms with Crippen molar-refractivity contribution in [1.29, 1.82) is 0 Å². The zero-order chi connectivity index (χ0) is 16.9. The van der Waals surface area contributed by atoms with Crippen molar-refractivity contribution in [2.24, 2.45) is 5.92 Å². The van der Waals surface area contributed by atoms with Gasteiger partial charge in [0.05, 0.1) is 5.92 Å². The van der Waals surface area contributed by atoms with E-state index in [2.05, 4.69) is 46.2 Å². The van der Waals surface area contributed by atoms with Crippen molar-refractivity contribution in [3.63, 3.8) is 0 Å². The minimum absolute atomic E-state index is 0.0349. The van der Waals surface area contributed by atoms with Crippen LogP contribution in [0.15, 0.2) is 42.7 Å². The van der Waals surface area contributed by atoms with E-state index in [0.717, 1.165) is 25.1 Å². The largest absolute Gasteiger partial charge is 0.340 e. The SMILES string of the molecule is CC(C)c1ccc(NC(=O)[C@H]2CCCN(c3ncccn3)C2)cc1. The molecule has 5 heteroatoms. The van der Waals surface area contributed by atoms with Crippen molar-refractivity contribution in [3.8, 4) is 0 Å². The number of carbonyl (C=O) groups is 1. The summed E-state index contributed by atoms with van der Waals surface area (Å²) >= 11 is 0. The summed E-state index contributed by atoms with van der Waals surface area (Å²) in [7, 11) is 0. The van der Waals surface area contributed by atoms with Crippen LogP contribution in [0.1, 0.15) is 38.2 Å². The Labute approximate surface area is 143 Å². The van der Waals surface area contributed by atoms with E-state index in [4.69, 9.17) is 0 Å². The molecule has 0 saturated carbocycles. The first kappa shape index (κ1) is 16.4. The fourth-order valence-corrected chi connectivity index (χ4v) is 3.02. The molecule has 0 unspecified atom stereocenters. The Hall–Kier alpha value is -2.43. The lowest BCUT2D eigenvalue weighted by molar-refractivity contribution is -0.120. The number of amides is 1. The highest BCUT2D eigenvalue weighted by molar-refractivity contribution is 5.93. The fourth-order valence-electron chi connectivity index (χ4n) is 3.02. The van der Waals surface area contributed by atoms with E-state index >= 15 is 0 Å². The molecule has 1 fully saturated rings. The summed E-state index contributed by atoms with van der Waals surface area (Å²) in [5, 5.41) is 3.04. The molecule has 1 aromatic heterocycles. The van der Waals surface area contributed by atoms with Gasteiger partial charge in [0.25, 0.3) is 0 Å². The molecule has 1 saturated heterocycles. The van der Waals surface area contributed by atoms with Gasteiger partial charge < -0.3 is 10.2 Å². The summed E-state index contributed by atoms with van der Waals surface area (Å²) in [6, 6.07) is 9.91. The van der Waals surface area contributed by atoms with Crippen LogP contribution < -0.4 is 10.2 Å². The minimum atomic E-state index is -0.0349. The Morgan fingerprint density at radius 3 is 2.58 bits per heavy atom. The van der Waals surface area contributed by atoms with Gasteiger partial charge in [-0.05, 0) is 42.5 Å². The van der Waals surface area contributed by atoms with Crippen LogP contribution in [0.5, 0.6) is 0 Å². The van der Waals surface area contributed by atoms with E-state index in [-0.39, 0.29) is 11.8 Å². The number of anilines is 2. The lowest BCUT2D eigenvalue weighted by Crippen LogP contribution is -2.41. The molecule has 0 aliphatic carbocycles.